The highest BCUT2D eigenvalue weighted by molar-refractivity contribution is 7.13. The van der Waals surface area contributed by atoms with Crippen LogP contribution < -0.4 is 14.8 Å². The van der Waals surface area contributed by atoms with Crippen molar-refractivity contribution in [2.75, 3.05) is 19.9 Å². The molecule has 1 aromatic heterocycles. The molecule has 2 aliphatic rings. The molecule has 0 bridgehead atoms. The zero-order valence-electron chi connectivity index (χ0n) is 13.4. The maximum atomic E-state index is 5.45. The summed E-state index contributed by atoms with van der Waals surface area (Å²) in [6.07, 6.45) is 0. The Kier molecular flexibility index (Phi) is 3.97. The summed E-state index contributed by atoms with van der Waals surface area (Å²) in [7, 11) is 0. The first-order valence-corrected chi connectivity index (χ1v) is 8.89. The minimum atomic E-state index is 0.307. The summed E-state index contributed by atoms with van der Waals surface area (Å²) in [6, 6.07) is 7.10. The van der Waals surface area contributed by atoms with Gasteiger partial charge < -0.3 is 14.8 Å². The van der Waals surface area contributed by atoms with Crippen LogP contribution in [0.3, 0.4) is 0 Å². The molecule has 0 radical (unpaired) electrons. The number of thiazole rings is 1. The van der Waals surface area contributed by atoms with Gasteiger partial charge in [0.2, 0.25) is 6.79 Å². The monoisotopic (exact) mass is 331 g/mol. The number of nitrogens with zero attached hydrogens (tertiary/aromatic N) is 2. The average Bonchev–Trinajstić information content (AvgIpc) is 3.19. The zero-order valence-corrected chi connectivity index (χ0v) is 14.2. The maximum Gasteiger partial charge on any atom is 0.231 e. The number of hydrogen-bond acceptors (Lipinski definition) is 6. The number of ether oxygens (including phenoxy) is 2. The smallest absolute Gasteiger partial charge is 0.231 e. The van der Waals surface area contributed by atoms with Gasteiger partial charge in [0.25, 0.3) is 0 Å². The molecular formula is C17H21N3O2S. The topological polar surface area (TPSA) is 46.6 Å². The minimum absolute atomic E-state index is 0.307. The Labute approximate surface area is 140 Å². The van der Waals surface area contributed by atoms with Crippen molar-refractivity contribution in [3.8, 4) is 22.1 Å². The van der Waals surface area contributed by atoms with Gasteiger partial charge in [0, 0.05) is 42.7 Å². The van der Waals surface area contributed by atoms with Crippen LogP contribution in [0.4, 0.5) is 0 Å². The lowest BCUT2D eigenvalue weighted by atomic mass is 10.1. The second-order valence-corrected chi connectivity index (χ2v) is 7.16. The Morgan fingerprint density at radius 3 is 3.09 bits per heavy atom. The number of nitrogens with one attached hydrogen (secondary N) is 1. The molecule has 1 aromatic carbocycles. The van der Waals surface area contributed by atoms with Crippen molar-refractivity contribution in [3.63, 3.8) is 0 Å². The van der Waals surface area contributed by atoms with E-state index in [1.807, 2.05) is 18.2 Å². The van der Waals surface area contributed by atoms with Crippen LogP contribution in [-0.4, -0.2) is 41.9 Å². The van der Waals surface area contributed by atoms with Gasteiger partial charge in [0.15, 0.2) is 11.5 Å². The summed E-state index contributed by atoms with van der Waals surface area (Å²) < 4.78 is 10.8. The second-order valence-electron chi connectivity index (χ2n) is 6.30. The SMILES string of the molecule is CC1CN(Cc2csc(-c3ccc4c(c3)OCO4)n2)C(C)CN1. The lowest BCUT2D eigenvalue weighted by Gasteiger charge is -2.37. The van der Waals surface area contributed by atoms with Gasteiger partial charge in [-0.3, -0.25) is 4.90 Å². The highest BCUT2D eigenvalue weighted by atomic mass is 32.1. The van der Waals surface area contributed by atoms with Gasteiger partial charge in [-0.05, 0) is 32.0 Å². The summed E-state index contributed by atoms with van der Waals surface area (Å²) in [5.74, 6) is 1.62. The first kappa shape index (κ1) is 14.9. The molecule has 0 amide bonds. The van der Waals surface area contributed by atoms with Crippen LogP contribution in [-0.2, 0) is 6.54 Å². The largest absolute Gasteiger partial charge is 0.454 e. The third-order valence-corrected chi connectivity index (χ3v) is 5.37. The fraction of sp³-hybridized carbons (Fsp3) is 0.471. The predicted molar refractivity (Wildman–Crippen MR) is 91.0 cm³/mol. The zero-order chi connectivity index (χ0) is 15.8. The molecule has 1 N–H and O–H groups in total. The van der Waals surface area contributed by atoms with Crippen LogP contribution in [0.25, 0.3) is 10.6 Å². The standard InChI is InChI=1S/C17H21N3O2S/c1-11-7-20(12(2)6-18-11)8-14-9-23-17(19-14)13-3-4-15-16(5-13)22-10-21-15/h3-5,9,11-12,18H,6-8,10H2,1-2H3. The van der Waals surface area contributed by atoms with E-state index in [9.17, 15) is 0 Å². The molecule has 6 heteroatoms. The van der Waals surface area contributed by atoms with Crippen molar-refractivity contribution in [1.82, 2.24) is 15.2 Å². The third kappa shape index (κ3) is 3.06. The fourth-order valence-corrected chi connectivity index (χ4v) is 3.88. The summed E-state index contributed by atoms with van der Waals surface area (Å²) in [4.78, 5) is 7.32. The molecule has 1 saturated heterocycles. The number of fused-ring (bicyclic) bond motifs is 1. The van der Waals surface area contributed by atoms with E-state index in [4.69, 9.17) is 14.5 Å². The Morgan fingerprint density at radius 1 is 1.30 bits per heavy atom. The number of benzene rings is 1. The molecular weight excluding hydrogens is 310 g/mol. The molecule has 2 aromatic rings. The van der Waals surface area contributed by atoms with Crippen molar-refractivity contribution in [2.24, 2.45) is 0 Å². The van der Waals surface area contributed by atoms with Crippen LogP contribution in [0, 0.1) is 0 Å². The number of aromatic nitrogens is 1. The van der Waals surface area contributed by atoms with Gasteiger partial charge in [0.05, 0.1) is 5.69 Å². The van der Waals surface area contributed by atoms with Crippen molar-refractivity contribution in [2.45, 2.75) is 32.5 Å². The molecule has 2 unspecified atom stereocenters. The summed E-state index contributed by atoms with van der Waals surface area (Å²) in [5, 5.41) is 6.72. The first-order chi connectivity index (χ1) is 11.2. The first-order valence-electron chi connectivity index (χ1n) is 8.01. The van der Waals surface area contributed by atoms with E-state index in [0.29, 0.717) is 18.9 Å². The molecule has 2 aliphatic heterocycles. The van der Waals surface area contributed by atoms with Crippen molar-refractivity contribution in [1.29, 1.82) is 0 Å². The van der Waals surface area contributed by atoms with Gasteiger partial charge in [-0.2, -0.15) is 0 Å². The summed E-state index contributed by atoms with van der Waals surface area (Å²) >= 11 is 1.69. The van der Waals surface area contributed by atoms with E-state index >= 15 is 0 Å². The molecule has 2 atom stereocenters. The Morgan fingerprint density at radius 2 is 2.17 bits per heavy atom. The van der Waals surface area contributed by atoms with E-state index in [-0.39, 0.29) is 0 Å². The number of hydrogen-bond donors (Lipinski definition) is 1. The molecule has 3 heterocycles. The van der Waals surface area contributed by atoms with Crippen molar-refractivity contribution >= 4 is 11.3 Å². The minimum Gasteiger partial charge on any atom is -0.454 e. The average molecular weight is 331 g/mol. The third-order valence-electron chi connectivity index (χ3n) is 4.43. The van der Waals surface area contributed by atoms with E-state index in [2.05, 4.69) is 29.4 Å². The van der Waals surface area contributed by atoms with Gasteiger partial charge >= 0.3 is 0 Å². The van der Waals surface area contributed by atoms with Crippen LogP contribution in [0.5, 0.6) is 11.5 Å². The van der Waals surface area contributed by atoms with Gasteiger partial charge in [-0.25, -0.2) is 4.98 Å². The van der Waals surface area contributed by atoms with Gasteiger partial charge in [-0.1, -0.05) is 0 Å². The highest BCUT2D eigenvalue weighted by Gasteiger charge is 2.23. The fourth-order valence-electron chi connectivity index (χ4n) is 3.07. The molecule has 5 nitrogen and oxygen atoms in total. The van der Waals surface area contributed by atoms with Crippen LogP contribution in [0.2, 0.25) is 0 Å². The second kappa shape index (κ2) is 6.11. The summed E-state index contributed by atoms with van der Waals surface area (Å²) in [6.45, 7) is 7.83. The van der Waals surface area contributed by atoms with Crippen LogP contribution in [0.1, 0.15) is 19.5 Å². The quantitative estimate of drug-likeness (QED) is 0.937. The lowest BCUT2D eigenvalue weighted by Crippen LogP contribution is -2.53. The highest BCUT2D eigenvalue weighted by Crippen LogP contribution is 2.36. The number of rotatable bonds is 3. The molecule has 0 saturated carbocycles. The Hall–Kier alpha value is -1.63. The summed E-state index contributed by atoms with van der Waals surface area (Å²) in [5.41, 5.74) is 2.23. The maximum absolute atomic E-state index is 5.45. The molecule has 0 aliphatic carbocycles. The molecule has 23 heavy (non-hydrogen) atoms. The van der Waals surface area contributed by atoms with Crippen LogP contribution >= 0.6 is 11.3 Å². The normalized spacial score (nSPS) is 24.1. The van der Waals surface area contributed by atoms with E-state index in [0.717, 1.165) is 47.4 Å². The van der Waals surface area contributed by atoms with E-state index < -0.39 is 0 Å². The van der Waals surface area contributed by atoms with Crippen LogP contribution in [0.15, 0.2) is 23.6 Å². The van der Waals surface area contributed by atoms with Crippen molar-refractivity contribution < 1.29 is 9.47 Å². The molecule has 4 rings (SSSR count). The van der Waals surface area contributed by atoms with E-state index in [1.165, 1.54) is 0 Å². The number of piperazine rings is 1. The molecule has 0 spiro atoms. The van der Waals surface area contributed by atoms with Crippen molar-refractivity contribution in [3.05, 3.63) is 29.3 Å². The van der Waals surface area contributed by atoms with Gasteiger partial charge in [0.1, 0.15) is 5.01 Å². The predicted octanol–water partition coefficient (Wildman–Crippen LogP) is 2.72. The molecule has 1 fully saturated rings. The Balaban J connectivity index is 1.50. The van der Waals surface area contributed by atoms with E-state index in [1.54, 1.807) is 11.3 Å². The van der Waals surface area contributed by atoms with Gasteiger partial charge in [-0.15, -0.1) is 11.3 Å². The molecule has 122 valence electrons. The lowest BCUT2D eigenvalue weighted by molar-refractivity contribution is 0.137. The Bertz CT molecular complexity index is 703.